The molecule has 1 amide bonds. The molecule has 160 valence electrons. The number of rotatable bonds is 10. The van der Waals surface area contributed by atoms with Gasteiger partial charge in [-0.1, -0.05) is 13.8 Å². The van der Waals surface area contributed by atoms with Crippen molar-refractivity contribution in [2.45, 2.75) is 39.7 Å². The second-order valence-corrected chi connectivity index (χ2v) is 7.32. The van der Waals surface area contributed by atoms with Crippen LogP contribution in [0.25, 0.3) is 17.1 Å². The lowest BCUT2D eigenvalue weighted by molar-refractivity contribution is 0.0929. The molecule has 0 spiro atoms. The molecule has 0 fully saturated rings. The van der Waals surface area contributed by atoms with E-state index in [1.807, 2.05) is 6.92 Å². The topological polar surface area (TPSA) is 63.3 Å². The summed E-state index contributed by atoms with van der Waals surface area (Å²) in [7, 11) is 0. The minimum absolute atomic E-state index is 0.0247. The van der Waals surface area contributed by atoms with E-state index in [1.54, 1.807) is 36.6 Å². The Hall–Kier alpha value is -2.93. The van der Waals surface area contributed by atoms with Crippen LogP contribution in [-0.4, -0.2) is 46.3 Å². The summed E-state index contributed by atoms with van der Waals surface area (Å²) in [6, 6.07) is 11.2. The Kier molecular flexibility index (Phi) is 7.41. The van der Waals surface area contributed by atoms with Gasteiger partial charge in [-0.05, 0) is 75.8 Å². The van der Waals surface area contributed by atoms with Gasteiger partial charge in [-0.15, -0.1) is 0 Å². The van der Waals surface area contributed by atoms with E-state index in [0.717, 1.165) is 32.5 Å². The lowest BCUT2D eigenvalue weighted by Crippen LogP contribution is -2.34. The number of benzene rings is 1. The molecule has 1 aromatic carbocycles. The van der Waals surface area contributed by atoms with Crippen molar-refractivity contribution in [2.75, 3.05) is 19.6 Å². The minimum atomic E-state index is -0.343. The Morgan fingerprint density at radius 3 is 2.60 bits per heavy atom. The summed E-state index contributed by atoms with van der Waals surface area (Å²) in [5.41, 5.74) is 1.53. The van der Waals surface area contributed by atoms with Crippen molar-refractivity contribution in [2.24, 2.45) is 0 Å². The third-order valence-electron chi connectivity index (χ3n) is 5.17. The van der Waals surface area contributed by atoms with Gasteiger partial charge < -0.3 is 14.6 Å². The summed E-state index contributed by atoms with van der Waals surface area (Å²) in [6.07, 6.45) is 3.46. The van der Waals surface area contributed by atoms with E-state index in [9.17, 15) is 9.18 Å². The lowest BCUT2D eigenvalue weighted by atomic mass is 10.1. The molecule has 0 saturated heterocycles. The van der Waals surface area contributed by atoms with Crippen molar-refractivity contribution in [3.8, 4) is 17.1 Å². The fraction of sp³-hybridized carbons (Fsp3) is 0.391. The molecule has 2 aromatic heterocycles. The van der Waals surface area contributed by atoms with Crippen LogP contribution in [-0.2, 0) is 0 Å². The third kappa shape index (κ3) is 5.36. The number of halogens is 1. The van der Waals surface area contributed by atoms with E-state index < -0.39 is 0 Å². The van der Waals surface area contributed by atoms with Crippen LogP contribution in [0.2, 0.25) is 0 Å². The molecule has 3 rings (SSSR count). The van der Waals surface area contributed by atoms with E-state index in [-0.39, 0.29) is 17.8 Å². The number of nitrogens with one attached hydrogen (secondary N) is 1. The summed E-state index contributed by atoms with van der Waals surface area (Å²) in [4.78, 5) is 15.4. The number of carbonyl (C=O) groups excluding carboxylic acids is 1. The molecule has 0 bridgehead atoms. The second-order valence-electron chi connectivity index (χ2n) is 7.32. The van der Waals surface area contributed by atoms with Crippen LogP contribution in [0.1, 0.15) is 44.1 Å². The molecular weight excluding hydrogens is 383 g/mol. The highest BCUT2D eigenvalue weighted by Crippen LogP contribution is 2.22. The van der Waals surface area contributed by atoms with Crippen molar-refractivity contribution >= 4 is 5.91 Å². The average Bonchev–Trinajstić information content (AvgIpc) is 3.41. The number of furan rings is 1. The molecule has 0 radical (unpaired) electrons. The molecule has 0 unspecified atom stereocenters. The largest absolute Gasteiger partial charge is 0.463 e. The van der Waals surface area contributed by atoms with E-state index in [4.69, 9.17) is 4.42 Å². The van der Waals surface area contributed by atoms with E-state index in [1.165, 1.54) is 16.8 Å². The van der Waals surface area contributed by atoms with Gasteiger partial charge in [-0.2, -0.15) is 5.10 Å². The molecular formula is C23H29FN4O2. The summed E-state index contributed by atoms with van der Waals surface area (Å²) < 4.78 is 20.3. The first-order valence-corrected chi connectivity index (χ1v) is 10.4. The maximum Gasteiger partial charge on any atom is 0.270 e. The van der Waals surface area contributed by atoms with Crippen molar-refractivity contribution in [3.05, 3.63) is 60.2 Å². The highest BCUT2D eigenvalue weighted by molar-refractivity contribution is 5.94. The molecule has 3 aromatic rings. The lowest BCUT2D eigenvalue weighted by Gasteiger charge is -2.20. The Bertz CT molecular complexity index is 931. The van der Waals surface area contributed by atoms with Crippen LogP contribution in [0.4, 0.5) is 4.39 Å². The molecule has 1 N–H and O–H groups in total. The van der Waals surface area contributed by atoms with Crippen molar-refractivity contribution in [3.63, 3.8) is 0 Å². The first kappa shape index (κ1) is 21.8. The zero-order valence-corrected chi connectivity index (χ0v) is 17.8. The molecule has 0 aliphatic rings. The SMILES string of the molecule is CCN(CC)CCC[C@@H](C)NC(=O)c1cc(-c2ccco2)nn1-c1ccc(F)cc1. The molecule has 7 heteroatoms. The first-order chi connectivity index (χ1) is 14.5. The van der Waals surface area contributed by atoms with Gasteiger partial charge in [-0.3, -0.25) is 4.79 Å². The van der Waals surface area contributed by atoms with Gasteiger partial charge in [0.2, 0.25) is 0 Å². The molecule has 2 heterocycles. The first-order valence-electron chi connectivity index (χ1n) is 10.4. The quantitative estimate of drug-likeness (QED) is 0.532. The predicted molar refractivity (Wildman–Crippen MR) is 115 cm³/mol. The average molecular weight is 413 g/mol. The van der Waals surface area contributed by atoms with Crippen LogP contribution in [0.15, 0.2) is 53.1 Å². The number of nitrogens with zero attached hydrogens (tertiary/aromatic N) is 3. The molecule has 6 nitrogen and oxygen atoms in total. The Balaban J connectivity index is 1.76. The Labute approximate surface area is 176 Å². The number of hydrogen-bond donors (Lipinski definition) is 1. The molecule has 0 aliphatic heterocycles. The number of aromatic nitrogens is 2. The Morgan fingerprint density at radius 1 is 1.23 bits per heavy atom. The predicted octanol–water partition coefficient (Wildman–Crippen LogP) is 4.51. The number of amides is 1. The standard InChI is InChI=1S/C23H29FN4O2/c1-4-27(5-2)14-6-8-17(3)25-23(29)21-16-20(22-9-7-15-30-22)26-28(21)19-12-10-18(24)11-13-19/h7,9-13,15-17H,4-6,8,14H2,1-3H3,(H,25,29)/t17-/m1/s1. The highest BCUT2D eigenvalue weighted by atomic mass is 19.1. The fourth-order valence-electron chi connectivity index (χ4n) is 3.40. The zero-order valence-electron chi connectivity index (χ0n) is 17.8. The van der Waals surface area contributed by atoms with Gasteiger partial charge in [0, 0.05) is 12.1 Å². The maximum absolute atomic E-state index is 13.4. The van der Waals surface area contributed by atoms with Crippen LogP contribution < -0.4 is 5.32 Å². The summed E-state index contributed by atoms with van der Waals surface area (Å²) in [6.45, 7) is 9.40. The highest BCUT2D eigenvalue weighted by Gasteiger charge is 2.20. The smallest absolute Gasteiger partial charge is 0.270 e. The van der Waals surface area contributed by atoms with E-state index in [0.29, 0.717) is 22.8 Å². The van der Waals surface area contributed by atoms with E-state index >= 15 is 0 Å². The van der Waals surface area contributed by atoms with Gasteiger partial charge in [0.15, 0.2) is 5.76 Å². The third-order valence-corrected chi connectivity index (χ3v) is 5.17. The molecule has 0 aliphatic carbocycles. The van der Waals surface area contributed by atoms with Gasteiger partial charge in [0.05, 0.1) is 12.0 Å². The molecule has 0 saturated carbocycles. The van der Waals surface area contributed by atoms with Gasteiger partial charge in [-0.25, -0.2) is 9.07 Å². The van der Waals surface area contributed by atoms with Crippen LogP contribution in [0.3, 0.4) is 0 Å². The summed E-state index contributed by atoms with van der Waals surface area (Å²) >= 11 is 0. The van der Waals surface area contributed by atoms with Crippen LogP contribution in [0, 0.1) is 5.82 Å². The van der Waals surface area contributed by atoms with Crippen molar-refractivity contribution in [1.29, 1.82) is 0 Å². The van der Waals surface area contributed by atoms with Crippen LogP contribution >= 0.6 is 0 Å². The Morgan fingerprint density at radius 2 is 1.97 bits per heavy atom. The molecule has 30 heavy (non-hydrogen) atoms. The van der Waals surface area contributed by atoms with Gasteiger partial charge in [0.1, 0.15) is 17.2 Å². The van der Waals surface area contributed by atoms with E-state index in [2.05, 4.69) is 29.2 Å². The fourth-order valence-corrected chi connectivity index (χ4v) is 3.40. The van der Waals surface area contributed by atoms with Gasteiger partial charge in [0.25, 0.3) is 5.91 Å². The number of carbonyl (C=O) groups is 1. The monoisotopic (exact) mass is 412 g/mol. The number of hydrogen-bond acceptors (Lipinski definition) is 4. The normalized spacial score (nSPS) is 12.3. The second kappa shape index (κ2) is 10.2. The van der Waals surface area contributed by atoms with Crippen molar-refractivity contribution in [1.82, 2.24) is 20.0 Å². The summed E-state index contributed by atoms with van der Waals surface area (Å²) in [5.74, 6) is 0.00198. The summed E-state index contributed by atoms with van der Waals surface area (Å²) in [5, 5.41) is 7.58. The minimum Gasteiger partial charge on any atom is -0.463 e. The molecule has 1 atom stereocenters. The zero-order chi connectivity index (χ0) is 21.5. The van der Waals surface area contributed by atoms with Crippen LogP contribution in [0.5, 0.6) is 0 Å². The maximum atomic E-state index is 13.4. The van der Waals surface area contributed by atoms with Crippen molar-refractivity contribution < 1.29 is 13.6 Å². The van der Waals surface area contributed by atoms with Gasteiger partial charge >= 0.3 is 0 Å².